The van der Waals surface area contributed by atoms with Gasteiger partial charge in [0.2, 0.25) is 0 Å². The van der Waals surface area contributed by atoms with Gasteiger partial charge in [0, 0.05) is 38.0 Å². The first-order chi connectivity index (χ1) is 10.3. The van der Waals surface area contributed by atoms with E-state index in [1.807, 2.05) is 12.3 Å². The Labute approximate surface area is 127 Å². The fraction of sp³-hybridized carbons (Fsp3) is 0.706. The van der Waals surface area contributed by atoms with Crippen molar-refractivity contribution in [3.63, 3.8) is 0 Å². The van der Waals surface area contributed by atoms with Crippen molar-refractivity contribution in [1.29, 1.82) is 0 Å². The van der Waals surface area contributed by atoms with Crippen LogP contribution in [0.1, 0.15) is 39.0 Å². The van der Waals surface area contributed by atoms with Crippen LogP contribution < -0.4 is 10.2 Å². The van der Waals surface area contributed by atoms with Crippen LogP contribution >= 0.6 is 0 Å². The summed E-state index contributed by atoms with van der Waals surface area (Å²) in [6.07, 6.45) is 8.25. The van der Waals surface area contributed by atoms with Gasteiger partial charge in [-0.05, 0) is 44.2 Å². The first-order valence-corrected chi connectivity index (χ1v) is 8.38. The lowest BCUT2D eigenvalue weighted by atomic mass is 9.98. The van der Waals surface area contributed by atoms with E-state index in [0.717, 1.165) is 38.4 Å². The summed E-state index contributed by atoms with van der Waals surface area (Å²) in [5.74, 6) is 1.12. The smallest absolute Gasteiger partial charge is 0.128 e. The lowest BCUT2D eigenvalue weighted by molar-refractivity contribution is -0.00242. The number of hydrogen-bond donors (Lipinski definition) is 1. The molecule has 2 atom stereocenters. The molecule has 0 saturated carbocycles. The van der Waals surface area contributed by atoms with Gasteiger partial charge in [0.05, 0.1) is 6.10 Å². The van der Waals surface area contributed by atoms with Gasteiger partial charge in [0.25, 0.3) is 0 Å². The molecule has 21 heavy (non-hydrogen) atoms. The molecule has 1 aromatic heterocycles. The van der Waals surface area contributed by atoms with E-state index in [0.29, 0.717) is 18.2 Å². The van der Waals surface area contributed by atoms with Crippen LogP contribution in [-0.2, 0) is 4.74 Å². The van der Waals surface area contributed by atoms with E-state index in [-0.39, 0.29) is 0 Å². The summed E-state index contributed by atoms with van der Waals surface area (Å²) in [6, 6.07) is 7.46. The minimum absolute atomic E-state index is 0.463. The molecule has 116 valence electrons. The quantitative estimate of drug-likeness (QED) is 0.924. The van der Waals surface area contributed by atoms with Crippen LogP contribution in [0.15, 0.2) is 24.4 Å². The molecule has 0 bridgehead atoms. The van der Waals surface area contributed by atoms with E-state index < -0.39 is 0 Å². The standard InChI is InChI=1S/C17H27N3O/c1-2-16-13-15(8-12-21-16)19-14-6-10-20(11-7-14)17-5-3-4-9-18-17/h3-5,9,14-16,19H,2,6-8,10-13H2,1H3. The number of pyridine rings is 1. The van der Waals surface area contributed by atoms with Gasteiger partial charge in [-0.1, -0.05) is 13.0 Å². The Bertz CT molecular complexity index is 417. The van der Waals surface area contributed by atoms with Crippen molar-refractivity contribution in [3.05, 3.63) is 24.4 Å². The Morgan fingerprint density at radius 3 is 2.81 bits per heavy atom. The van der Waals surface area contributed by atoms with Crippen molar-refractivity contribution in [2.75, 3.05) is 24.6 Å². The Hall–Kier alpha value is -1.13. The summed E-state index contributed by atoms with van der Waals surface area (Å²) in [7, 11) is 0. The zero-order valence-electron chi connectivity index (χ0n) is 13.0. The van der Waals surface area contributed by atoms with Gasteiger partial charge in [-0.3, -0.25) is 0 Å². The molecular weight excluding hydrogens is 262 g/mol. The Morgan fingerprint density at radius 2 is 2.10 bits per heavy atom. The third kappa shape index (κ3) is 3.95. The van der Waals surface area contributed by atoms with E-state index >= 15 is 0 Å². The lowest BCUT2D eigenvalue weighted by Gasteiger charge is -2.37. The van der Waals surface area contributed by atoms with E-state index in [1.54, 1.807) is 0 Å². The van der Waals surface area contributed by atoms with E-state index in [4.69, 9.17) is 4.74 Å². The summed E-state index contributed by atoms with van der Waals surface area (Å²) in [6.45, 7) is 5.35. The molecule has 4 nitrogen and oxygen atoms in total. The summed E-state index contributed by atoms with van der Waals surface area (Å²) < 4.78 is 5.76. The number of piperidine rings is 1. The molecule has 0 aliphatic carbocycles. The zero-order chi connectivity index (χ0) is 14.5. The van der Waals surface area contributed by atoms with Crippen molar-refractivity contribution < 1.29 is 4.74 Å². The zero-order valence-corrected chi connectivity index (χ0v) is 13.0. The molecule has 2 unspecified atom stereocenters. The summed E-state index contributed by atoms with van der Waals surface area (Å²) in [5, 5.41) is 3.87. The molecular formula is C17H27N3O. The summed E-state index contributed by atoms with van der Waals surface area (Å²) in [5.41, 5.74) is 0. The third-order valence-electron chi connectivity index (χ3n) is 4.76. The molecule has 2 aliphatic heterocycles. The number of hydrogen-bond acceptors (Lipinski definition) is 4. The van der Waals surface area contributed by atoms with Crippen LogP contribution in [0.2, 0.25) is 0 Å². The molecule has 2 saturated heterocycles. The molecule has 0 amide bonds. The number of anilines is 1. The van der Waals surface area contributed by atoms with Crippen molar-refractivity contribution in [2.45, 2.75) is 57.2 Å². The van der Waals surface area contributed by atoms with Gasteiger partial charge < -0.3 is 15.0 Å². The molecule has 3 rings (SSSR count). The summed E-state index contributed by atoms with van der Waals surface area (Å²) in [4.78, 5) is 6.85. The Morgan fingerprint density at radius 1 is 1.24 bits per heavy atom. The lowest BCUT2D eigenvalue weighted by Crippen LogP contribution is -2.49. The van der Waals surface area contributed by atoms with Crippen molar-refractivity contribution >= 4 is 5.82 Å². The van der Waals surface area contributed by atoms with Crippen molar-refractivity contribution in [1.82, 2.24) is 10.3 Å². The molecule has 1 aromatic rings. The Kier molecular flexibility index (Phi) is 5.09. The monoisotopic (exact) mass is 289 g/mol. The highest BCUT2D eigenvalue weighted by atomic mass is 16.5. The van der Waals surface area contributed by atoms with Crippen LogP contribution in [-0.4, -0.2) is 42.9 Å². The molecule has 3 heterocycles. The number of nitrogens with one attached hydrogen (secondary N) is 1. The minimum Gasteiger partial charge on any atom is -0.378 e. The highest BCUT2D eigenvalue weighted by Gasteiger charge is 2.26. The number of nitrogens with zero attached hydrogens (tertiary/aromatic N) is 2. The maximum absolute atomic E-state index is 5.76. The molecule has 0 spiro atoms. The average molecular weight is 289 g/mol. The number of ether oxygens (including phenoxy) is 1. The SMILES string of the molecule is CCC1CC(NC2CCN(c3ccccn3)CC2)CCO1. The maximum atomic E-state index is 5.76. The van der Waals surface area contributed by atoms with E-state index in [2.05, 4.69) is 34.3 Å². The second kappa shape index (κ2) is 7.23. The number of aromatic nitrogens is 1. The molecule has 0 aromatic carbocycles. The van der Waals surface area contributed by atoms with Crippen LogP contribution in [0.25, 0.3) is 0 Å². The Balaban J connectivity index is 1.45. The topological polar surface area (TPSA) is 37.4 Å². The van der Waals surface area contributed by atoms with Gasteiger partial charge in [-0.25, -0.2) is 4.98 Å². The van der Waals surface area contributed by atoms with Crippen LogP contribution in [0.3, 0.4) is 0 Å². The number of rotatable bonds is 4. The fourth-order valence-corrected chi connectivity index (χ4v) is 3.47. The summed E-state index contributed by atoms with van der Waals surface area (Å²) >= 11 is 0. The van der Waals surface area contributed by atoms with Gasteiger partial charge in [-0.2, -0.15) is 0 Å². The first kappa shape index (κ1) is 14.8. The fourth-order valence-electron chi connectivity index (χ4n) is 3.47. The van der Waals surface area contributed by atoms with Gasteiger partial charge >= 0.3 is 0 Å². The predicted octanol–water partition coefficient (Wildman–Crippen LogP) is 2.60. The molecule has 2 aliphatic rings. The minimum atomic E-state index is 0.463. The normalized spacial score (nSPS) is 27.8. The third-order valence-corrected chi connectivity index (χ3v) is 4.76. The van der Waals surface area contributed by atoms with Crippen LogP contribution in [0.5, 0.6) is 0 Å². The molecule has 4 heteroatoms. The average Bonchev–Trinajstić information content (AvgIpc) is 2.56. The molecule has 1 N–H and O–H groups in total. The highest BCUT2D eigenvalue weighted by molar-refractivity contribution is 5.38. The van der Waals surface area contributed by atoms with Crippen LogP contribution in [0, 0.1) is 0 Å². The van der Waals surface area contributed by atoms with Gasteiger partial charge in [0.1, 0.15) is 5.82 Å². The highest BCUT2D eigenvalue weighted by Crippen LogP contribution is 2.21. The van der Waals surface area contributed by atoms with Crippen LogP contribution in [0.4, 0.5) is 5.82 Å². The van der Waals surface area contributed by atoms with Gasteiger partial charge in [-0.15, -0.1) is 0 Å². The molecule has 0 radical (unpaired) electrons. The predicted molar refractivity (Wildman–Crippen MR) is 85.7 cm³/mol. The largest absolute Gasteiger partial charge is 0.378 e. The van der Waals surface area contributed by atoms with Gasteiger partial charge in [0.15, 0.2) is 0 Å². The second-order valence-electron chi connectivity index (χ2n) is 6.24. The van der Waals surface area contributed by atoms with Crippen molar-refractivity contribution in [3.8, 4) is 0 Å². The second-order valence-corrected chi connectivity index (χ2v) is 6.24. The first-order valence-electron chi connectivity index (χ1n) is 8.38. The van der Waals surface area contributed by atoms with E-state index in [9.17, 15) is 0 Å². The van der Waals surface area contributed by atoms with E-state index in [1.165, 1.54) is 19.3 Å². The van der Waals surface area contributed by atoms with Crippen molar-refractivity contribution in [2.24, 2.45) is 0 Å². The maximum Gasteiger partial charge on any atom is 0.128 e. The molecule has 2 fully saturated rings.